The van der Waals surface area contributed by atoms with E-state index in [1.54, 1.807) is 37.3 Å². The molecule has 0 spiro atoms. The zero-order valence-electron chi connectivity index (χ0n) is 15.4. The highest BCUT2D eigenvalue weighted by molar-refractivity contribution is 6.05. The molecule has 1 aliphatic rings. The minimum absolute atomic E-state index is 0.00612. The van der Waals surface area contributed by atoms with Crippen molar-refractivity contribution in [3.8, 4) is 11.5 Å². The van der Waals surface area contributed by atoms with Crippen molar-refractivity contribution in [1.82, 2.24) is 0 Å². The van der Waals surface area contributed by atoms with Crippen molar-refractivity contribution >= 4 is 29.4 Å². The molecular formula is C21H19NO6. The van der Waals surface area contributed by atoms with Gasteiger partial charge in [0.05, 0.1) is 13.0 Å². The number of Topliss-reactive ketones (excluding diaryl/α,β-unsaturated/α-hetero) is 1. The number of anilines is 1. The van der Waals surface area contributed by atoms with Crippen LogP contribution in [-0.2, 0) is 14.3 Å². The molecule has 1 atom stereocenters. The lowest BCUT2D eigenvalue weighted by Gasteiger charge is -2.06. The van der Waals surface area contributed by atoms with Gasteiger partial charge in [0.2, 0.25) is 5.91 Å². The number of phenolic OH excluding ortho intramolecular Hbond substituents is 1. The number of aromatic hydroxyl groups is 1. The van der Waals surface area contributed by atoms with Crippen molar-refractivity contribution in [3.63, 3.8) is 0 Å². The molecule has 0 bridgehead atoms. The number of benzene rings is 2. The van der Waals surface area contributed by atoms with Gasteiger partial charge in [0.15, 0.2) is 23.9 Å². The average Bonchev–Trinajstić information content (AvgIpc) is 2.98. The summed E-state index contributed by atoms with van der Waals surface area (Å²) in [6, 6.07) is 9.52. The van der Waals surface area contributed by atoms with E-state index in [-0.39, 0.29) is 29.1 Å². The van der Waals surface area contributed by atoms with Crippen LogP contribution in [0.4, 0.5) is 5.69 Å². The molecule has 144 valence electrons. The molecule has 0 fully saturated rings. The first-order valence-electron chi connectivity index (χ1n) is 8.59. The zero-order chi connectivity index (χ0) is 20.3. The van der Waals surface area contributed by atoms with Gasteiger partial charge in [0.1, 0.15) is 0 Å². The maximum atomic E-state index is 12.3. The Morgan fingerprint density at radius 2 is 2.00 bits per heavy atom. The number of hydrogen-bond donors (Lipinski definition) is 2. The predicted molar refractivity (Wildman–Crippen MR) is 102 cm³/mol. The number of nitrogens with one attached hydrogen (secondary N) is 1. The third-order valence-corrected chi connectivity index (χ3v) is 4.45. The van der Waals surface area contributed by atoms with E-state index < -0.39 is 12.6 Å². The molecule has 7 heteroatoms. The molecule has 1 heterocycles. The summed E-state index contributed by atoms with van der Waals surface area (Å²) in [5.74, 6) is -1.19. The Balaban J connectivity index is 1.59. The SMILES string of the molecule is COc1cc(/C=C/C(=O)OCC(=O)c2ccc3c(c2)[C@@H](C)C(=O)N3)ccc1O. The van der Waals surface area contributed by atoms with Crippen LogP contribution in [0.15, 0.2) is 42.5 Å². The third-order valence-electron chi connectivity index (χ3n) is 4.45. The summed E-state index contributed by atoms with van der Waals surface area (Å²) >= 11 is 0. The molecule has 28 heavy (non-hydrogen) atoms. The van der Waals surface area contributed by atoms with Gasteiger partial charge in [-0.2, -0.15) is 0 Å². The van der Waals surface area contributed by atoms with Crippen LogP contribution >= 0.6 is 0 Å². The fourth-order valence-electron chi connectivity index (χ4n) is 2.82. The quantitative estimate of drug-likeness (QED) is 0.453. The van der Waals surface area contributed by atoms with Crippen molar-refractivity contribution < 1.29 is 29.0 Å². The molecule has 2 N–H and O–H groups in total. The number of methoxy groups -OCH3 is 1. The highest BCUT2D eigenvalue weighted by Crippen LogP contribution is 2.32. The summed E-state index contributed by atoms with van der Waals surface area (Å²) < 4.78 is 9.99. The fourth-order valence-corrected chi connectivity index (χ4v) is 2.82. The Morgan fingerprint density at radius 1 is 1.21 bits per heavy atom. The lowest BCUT2D eigenvalue weighted by Crippen LogP contribution is -2.13. The first-order chi connectivity index (χ1) is 13.4. The highest BCUT2D eigenvalue weighted by Gasteiger charge is 2.27. The first-order valence-corrected chi connectivity index (χ1v) is 8.59. The van der Waals surface area contributed by atoms with Gasteiger partial charge in [-0.3, -0.25) is 9.59 Å². The van der Waals surface area contributed by atoms with Gasteiger partial charge >= 0.3 is 5.97 Å². The first kappa shape index (κ1) is 19.2. The zero-order valence-corrected chi connectivity index (χ0v) is 15.4. The van der Waals surface area contributed by atoms with E-state index in [0.717, 1.165) is 5.56 Å². The molecule has 0 radical (unpaired) electrons. The maximum absolute atomic E-state index is 12.3. The van der Waals surface area contributed by atoms with E-state index in [2.05, 4.69) is 5.32 Å². The van der Waals surface area contributed by atoms with Crippen molar-refractivity contribution in [2.45, 2.75) is 12.8 Å². The molecule has 2 aromatic carbocycles. The largest absolute Gasteiger partial charge is 0.504 e. The summed E-state index contributed by atoms with van der Waals surface area (Å²) in [5.41, 5.74) is 2.45. The second kappa shape index (κ2) is 7.96. The van der Waals surface area contributed by atoms with Crippen molar-refractivity contribution in [3.05, 3.63) is 59.2 Å². The maximum Gasteiger partial charge on any atom is 0.331 e. The topological polar surface area (TPSA) is 102 Å². The molecule has 0 unspecified atom stereocenters. The normalized spacial score (nSPS) is 15.2. The lowest BCUT2D eigenvalue weighted by molar-refractivity contribution is -0.136. The summed E-state index contributed by atoms with van der Waals surface area (Å²) in [6.45, 7) is 1.36. The van der Waals surface area contributed by atoms with Gasteiger partial charge in [-0.25, -0.2) is 4.79 Å². The van der Waals surface area contributed by atoms with Gasteiger partial charge in [0.25, 0.3) is 0 Å². The number of phenols is 1. The van der Waals surface area contributed by atoms with E-state index in [1.165, 1.54) is 25.3 Å². The van der Waals surface area contributed by atoms with Crippen molar-refractivity contribution in [1.29, 1.82) is 0 Å². The number of hydrogen-bond acceptors (Lipinski definition) is 6. The van der Waals surface area contributed by atoms with Crippen LogP contribution in [0, 0.1) is 0 Å². The molecule has 7 nitrogen and oxygen atoms in total. The number of rotatable bonds is 6. The van der Waals surface area contributed by atoms with Crippen molar-refractivity contribution in [2.24, 2.45) is 0 Å². The Labute approximate surface area is 161 Å². The van der Waals surface area contributed by atoms with E-state index in [9.17, 15) is 19.5 Å². The Morgan fingerprint density at radius 3 is 2.75 bits per heavy atom. The number of ketones is 1. The van der Waals surface area contributed by atoms with Gasteiger partial charge in [-0.1, -0.05) is 6.07 Å². The van der Waals surface area contributed by atoms with Gasteiger partial charge in [0, 0.05) is 17.3 Å². The molecule has 0 saturated carbocycles. The highest BCUT2D eigenvalue weighted by atomic mass is 16.5. The minimum Gasteiger partial charge on any atom is -0.504 e. The molecule has 1 aliphatic heterocycles. The molecule has 3 rings (SSSR count). The molecule has 2 aromatic rings. The number of carbonyl (C=O) groups excluding carboxylic acids is 3. The monoisotopic (exact) mass is 381 g/mol. The molecular weight excluding hydrogens is 362 g/mol. The smallest absolute Gasteiger partial charge is 0.331 e. The molecule has 0 aliphatic carbocycles. The Kier molecular flexibility index (Phi) is 5.44. The third kappa shape index (κ3) is 4.03. The van der Waals surface area contributed by atoms with Gasteiger partial charge in [-0.15, -0.1) is 0 Å². The van der Waals surface area contributed by atoms with E-state index in [0.29, 0.717) is 16.8 Å². The Bertz CT molecular complexity index is 979. The number of ether oxygens (including phenoxy) is 2. The van der Waals surface area contributed by atoms with Gasteiger partial charge < -0.3 is 19.9 Å². The number of fused-ring (bicyclic) bond motifs is 1. The van der Waals surface area contributed by atoms with Crippen LogP contribution < -0.4 is 10.1 Å². The van der Waals surface area contributed by atoms with Crippen LogP contribution in [0.1, 0.15) is 34.3 Å². The van der Waals surface area contributed by atoms with Crippen LogP contribution in [-0.4, -0.2) is 36.5 Å². The lowest BCUT2D eigenvalue weighted by atomic mass is 9.99. The standard InChI is InChI=1S/C21H19NO6/c1-12-15-10-14(5-6-16(15)22-21(12)26)18(24)11-28-20(25)8-4-13-3-7-17(23)19(9-13)27-2/h3-10,12,23H,11H2,1-2H3,(H,22,26)/b8-4+/t12-/m1/s1. The van der Waals surface area contributed by atoms with Crippen LogP contribution in [0.3, 0.4) is 0 Å². The molecule has 0 saturated heterocycles. The second-order valence-electron chi connectivity index (χ2n) is 6.31. The summed E-state index contributed by atoms with van der Waals surface area (Å²) in [6.07, 6.45) is 2.68. The van der Waals surface area contributed by atoms with E-state index in [1.807, 2.05) is 0 Å². The number of esters is 1. The fraction of sp³-hybridized carbons (Fsp3) is 0.190. The predicted octanol–water partition coefficient (Wildman–Crippen LogP) is 2.90. The van der Waals surface area contributed by atoms with E-state index in [4.69, 9.17) is 9.47 Å². The number of carbonyl (C=O) groups is 3. The van der Waals surface area contributed by atoms with E-state index >= 15 is 0 Å². The van der Waals surface area contributed by atoms with Crippen LogP contribution in [0.25, 0.3) is 6.08 Å². The Hall–Kier alpha value is -3.61. The second-order valence-corrected chi connectivity index (χ2v) is 6.31. The molecule has 1 amide bonds. The number of amides is 1. The summed E-state index contributed by atoms with van der Waals surface area (Å²) in [5, 5.41) is 12.3. The van der Waals surface area contributed by atoms with Crippen LogP contribution in [0.2, 0.25) is 0 Å². The van der Waals surface area contributed by atoms with Crippen molar-refractivity contribution in [2.75, 3.05) is 19.0 Å². The average molecular weight is 381 g/mol. The minimum atomic E-state index is -0.674. The van der Waals surface area contributed by atoms with Crippen LogP contribution in [0.5, 0.6) is 11.5 Å². The molecule has 0 aromatic heterocycles. The van der Waals surface area contributed by atoms with Gasteiger partial charge in [-0.05, 0) is 54.5 Å². The summed E-state index contributed by atoms with van der Waals surface area (Å²) in [4.78, 5) is 35.8. The summed E-state index contributed by atoms with van der Waals surface area (Å²) in [7, 11) is 1.42.